The lowest BCUT2D eigenvalue weighted by molar-refractivity contribution is -0.385. The monoisotopic (exact) mass is 303 g/mol. The van der Waals surface area contributed by atoms with Crippen LogP contribution in [-0.2, 0) is 5.75 Å². The van der Waals surface area contributed by atoms with Crippen LogP contribution in [0.3, 0.4) is 0 Å². The molecule has 0 radical (unpaired) electrons. The second-order valence-electron chi connectivity index (χ2n) is 4.24. The lowest BCUT2D eigenvalue weighted by Crippen LogP contribution is -1.95. The molecule has 0 bridgehead atoms. The lowest BCUT2D eigenvalue weighted by Gasteiger charge is -2.05. The van der Waals surface area contributed by atoms with Gasteiger partial charge in [-0.15, -0.1) is 11.8 Å². The highest BCUT2D eigenvalue weighted by Gasteiger charge is 2.15. The Morgan fingerprint density at radius 2 is 2.10 bits per heavy atom. The molecule has 0 aliphatic rings. The average Bonchev–Trinajstić information content (AvgIpc) is 2.52. The zero-order valence-corrected chi connectivity index (χ0v) is 12.1. The Balaban J connectivity index is 2.14. The molecule has 0 atom stereocenters. The molecular weight excluding hydrogens is 290 g/mol. The Morgan fingerprint density at radius 3 is 2.76 bits per heavy atom. The van der Waals surface area contributed by atoms with E-state index in [-0.39, 0.29) is 11.4 Å². The van der Waals surface area contributed by atoms with Crippen LogP contribution < -0.4 is 4.74 Å². The summed E-state index contributed by atoms with van der Waals surface area (Å²) >= 11 is 1.51. The molecule has 0 fully saturated rings. The molecule has 0 saturated heterocycles. The van der Waals surface area contributed by atoms with Crippen molar-refractivity contribution in [2.45, 2.75) is 10.6 Å². The van der Waals surface area contributed by atoms with E-state index in [9.17, 15) is 14.9 Å². The van der Waals surface area contributed by atoms with Gasteiger partial charge in [0.2, 0.25) is 0 Å². The molecule has 0 aromatic heterocycles. The van der Waals surface area contributed by atoms with Gasteiger partial charge in [0, 0.05) is 22.3 Å². The van der Waals surface area contributed by atoms with Gasteiger partial charge in [-0.2, -0.15) is 0 Å². The minimum atomic E-state index is -0.458. The first kappa shape index (κ1) is 15.1. The molecule has 5 nitrogen and oxygen atoms in total. The van der Waals surface area contributed by atoms with Crippen molar-refractivity contribution in [3.05, 3.63) is 63.7 Å². The molecule has 108 valence electrons. The molecule has 2 aromatic rings. The molecule has 0 saturated carbocycles. The molecule has 2 aromatic carbocycles. The molecule has 21 heavy (non-hydrogen) atoms. The first-order valence-electron chi connectivity index (χ1n) is 6.13. The van der Waals surface area contributed by atoms with E-state index in [1.807, 2.05) is 12.1 Å². The summed E-state index contributed by atoms with van der Waals surface area (Å²) in [5.74, 6) is 0.823. The average molecular weight is 303 g/mol. The first-order chi connectivity index (χ1) is 10.1. The van der Waals surface area contributed by atoms with Crippen molar-refractivity contribution in [3.8, 4) is 5.75 Å². The van der Waals surface area contributed by atoms with E-state index in [2.05, 4.69) is 0 Å². The maximum absolute atomic E-state index is 11.0. The number of hydrogen-bond donors (Lipinski definition) is 0. The van der Waals surface area contributed by atoms with Crippen LogP contribution in [0.5, 0.6) is 5.75 Å². The van der Waals surface area contributed by atoms with E-state index in [0.29, 0.717) is 11.3 Å². The van der Waals surface area contributed by atoms with E-state index in [1.165, 1.54) is 24.9 Å². The second-order valence-corrected chi connectivity index (χ2v) is 5.29. The zero-order valence-electron chi connectivity index (χ0n) is 11.3. The number of nitro benzene ring substituents is 1. The van der Waals surface area contributed by atoms with E-state index in [4.69, 9.17) is 4.74 Å². The van der Waals surface area contributed by atoms with Gasteiger partial charge < -0.3 is 4.74 Å². The standard InChI is InChI=1S/C15H13NO4S/c1-20-15-6-5-12(8-14(15)16(18)19)10-21-13-4-2-3-11(7-13)9-17/h2-9H,10H2,1H3. The summed E-state index contributed by atoms with van der Waals surface area (Å²) in [6.45, 7) is 0. The molecular formula is C15H13NO4S. The predicted octanol–water partition coefficient (Wildman–Crippen LogP) is 3.71. The highest BCUT2D eigenvalue weighted by molar-refractivity contribution is 7.98. The molecule has 0 unspecified atom stereocenters. The topological polar surface area (TPSA) is 69.4 Å². The van der Waals surface area contributed by atoms with Crippen LogP contribution in [0.2, 0.25) is 0 Å². The Hall–Kier alpha value is -2.34. The summed E-state index contributed by atoms with van der Waals surface area (Å²) in [5.41, 5.74) is 1.39. The van der Waals surface area contributed by atoms with Gasteiger partial charge in [-0.25, -0.2) is 0 Å². The van der Waals surface area contributed by atoms with Crippen molar-refractivity contribution >= 4 is 23.7 Å². The Bertz CT molecular complexity index is 672. The number of rotatable bonds is 6. The maximum Gasteiger partial charge on any atom is 0.311 e. The molecule has 6 heteroatoms. The van der Waals surface area contributed by atoms with E-state index in [0.717, 1.165) is 16.7 Å². The van der Waals surface area contributed by atoms with Gasteiger partial charge in [-0.05, 0) is 23.8 Å². The third kappa shape index (κ3) is 3.82. The highest BCUT2D eigenvalue weighted by atomic mass is 32.2. The largest absolute Gasteiger partial charge is 0.490 e. The lowest BCUT2D eigenvalue weighted by atomic mass is 10.2. The van der Waals surface area contributed by atoms with Crippen LogP contribution in [0.1, 0.15) is 15.9 Å². The van der Waals surface area contributed by atoms with E-state index in [1.54, 1.807) is 24.3 Å². The summed E-state index contributed by atoms with van der Waals surface area (Å²) < 4.78 is 4.97. The molecule has 0 aliphatic heterocycles. The van der Waals surface area contributed by atoms with Crippen molar-refractivity contribution in [3.63, 3.8) is 0 Å². The molecule has 2 rings (SSSR count). The summed E-state index contributed by atoms with van der Waals surface area (Å²) in [6, 6.07) is 12.1. The number of nitro groups is 1. The SMILES string of the molecule is COc1ccc(CSc2cccc(C=O)c2)cc1[N+](=O)[O-]. The summed E-state index contributed by atoms with van der Waals surface area (Å²) in [6.07, 6.45) is 0.794. The van der Waals surface area contributed by atoms with E-state index >= 15 is 0 Å². The second kappa shape index (κ2) is 6.90. The molecule has 0 heterocycles. The smallest absolute Gasteiger partial charge is 0.311 e. The molecule has 0 aliphatic carbocycles. The third-order valence-corrected chi connectivity index (χ3v) is 3.90. The van der Waals surface area contributed by atoms with Crippen LogP contribution >= 0.6 is 11.8 Å². The Labute approximate surface area is 126 Å². The molecule has 0 amide bonds. The summed E-state index contributed by atoms with van der Waals surface area (Å²) in [4.78, 5) is 22.2. The number of ether oxygens (including phenoxy) is 1. The maximum atomic E-state index is 11.0. The van der Waals surface area contributed by atoms with Crippen molar-refractivity contribution in [1.82, 2.24) is 0 Å². The number of carbonyl (C=O) groups excluding carboxylic acids is 1. The van der Waals surface area contributed by atoms with Crippen molar-refractivity contribution < 1.29 is 14.5 Å². The number of thioether (sulfide) groups is 1. The molecule has 0 spiro atoms. The fourth-order valence-corrected chi connectivity index (χ4v) is 2.72. The number of benzene rings is 2. The summed E-state index contributed by atoms with van der Waals surface area (Å²) in [5, 5.41) is 11.0. The van der Waals surface area contributed by atoms with Gasteiger partial charge in [0.05, 0.1) is 12.0 Å². The minimum absolute atomic E-state index is 0.0442. The first-order valence-corrected chi connectivity index (χ1v) is 7.12. The summed E-state index contributed by atoms with van der Waals surface area (Å²) in [7, 11) is 1.40. The van der Waals surface area contributed by atoms with Crippen LogP contribution in [0.4, 0.5) is 5.69 Å². The third-order valence-electron chi connectivity index (χ3n) is 2.84. The number of carbonyl (C=O) groups is 1. The molecule has 0 N–H and O–H groups in total. The van der Waals surface area contributed by atoms with Crippen LogP contribution in [-0.4, -0.2) is 18.3 Å². The number of hydrogen-bond acceptors (Lipinski definition) is 5. The fraction of sp³-hybridized carbons (Fsp3) is 0.133. The quantitative estimate of drug-likeness (QED) is 0.352. The van der Waals surface area contributed by atoms with Gasteiger partial charge in [0.25, 0.3) is 0 Å². The number of aldehydes is 1. The minimum Gasteiger partial charge on any atom is -0.490 e. The van der Waals surface area contributed by atoms with Crippen molar-refractivity contribution in [2.24, 2.45) is 0 Å². The van der Waals surface area contributed by atoms with Gasteiger partial charge in [-0.1, -0.05) is 18.2 Å². The highest BCUT2D eigenvalue weighted by Crippen LogP contribution is 2.30. The van der Waals surface area contributed by atoms with Gasteiger partial charge in [0.15, 0.2) is 5.75 Å². The predicted molar refractivity (Wildman–Crippen MR) is 81.0 cm³/mol. The Morgan fingerprint density at radius 1 is 1.29 bits per heavy atom. The van der Waals surface area contributed by atoms with Crippen LogP contribution in [0.25, 0.3) is 0 Å². The van der Waals surface area contributed by atoms with Crippen molar-refractivity contribution in [1.29, 1.82) is 0 Å². The zero-order chi connectivity index (χ0) is 15.2. The normalized spacial score (nSPS) is 10.1. The van der Waals surface area contributed by atoms with Gasteiger partial charge in [0.1, 0.15) is 6.29 Å². The fourth-order valence-electron chi connectivity index (χ4n) is 1.81. The Kier molecular flexibility index (Phi) is 4.94. The van der Waals surface area contributed by atoms with Crippen LogP contribution in [0, 0.1) is 10.1 Å². The van der Waals surface area contributed by atoms with Crippen molar-refractivity contribution in [2.75, 3.05) is 7.11 Å². The number of methoxy groups -OCH3 is 1. The van der Waals surface area contributed by atoms with E-state index < -0.39 is 4.92 Å². The van der Waals surface area contributed by atoms with Gasteiger partial charge >= 0.3 is 5.69 Å². The van der Waals surface area contributed by atoms with Crippen LogP contribution in [0.15, 0.2) is 47.4 Å². The van der Waals surface area contributed by atoms with Gasteiger partial charge in [-0.3, -0.25) is 14.9 Å². The number of nitrogens with zero attached hydrogens (tertiary/aromatic N) is 1.